The summed E-state index contributed by atoms with van der Waals surface area (Å²) in [4.78, 5) is 24.6. The minimum absolute atomic E-state index is 0.0330. The molecule has 0 aliphatic carbocycles. The lowest BCUT2D eigenvalue weighted by atomic mass is 10.2. The second-order valence-electron chi connectivity index (χ2n) is 11.8. The molecule has 4 atom stereocenters. The Morgan fingerprint density at radius 3 is 1.36 bits per heavy atom. The molecule has 2 aliphatic rings. The fourth-order valence-electron chi connectivity index (χ4n) is 2.64. The van der Waals surface area contributed by atoms with Gasteiger partial charge in [-0.05, 0) is 60.6 Å². The third-order valence-electron chi connectivity index (χ3n) is 7.14. The molecule has 9 heteroatoms. The zero-order valence-electron chi connectivity index (χ0n) is 21.9. The summed E-state index contributed by atoms with van der Waals surface area (Å²) in [5.41, 5.74) is 0. The largest absolute Gasteiger partial charge is 0.414 e. The molecule has 0 aromatic rings. The fourth-order valence-corrected chi connectivity index (χ4v) is 4.64. The highest BCUT2D eigenvalue weighted by molar-refractivity contribution is 6.74. The van der Waals surface area contributed by atoms with E-state index in [4.69, 9.17) is 23.1 Å². The molecule has 2 heterocycles. The molecule has 7 nitrogen and oxygen atoms in total. The van der Waals surface area contributed by atoms with Gasteiger partial charge < -0.3 is 23.1 Å². The molecule has 0 N–H and O–H groups in total. The van der Waals surface area contributed by atoms with Crippen LogP contribution in [0.15, 0.2) is 24.3 Å². The average Bonchev–Trinajstić information content (AvgIpc) is 2.67. The van der Waals surface area contributed by atoms with Gasteiger partial charge in [0, 0.05) is 0 Å². The lowest BCUT2D eigenvalue weighted by molar-refractivity contribution is -0.239. The van der Waals surface area contributed by atoms with Crippen LogP contribution in [0.4, 0.5) is 0 Å². The van der Waals surface area contributed by atoms with Crippen LogP contribution in [-0.4, -0.2) is 66.2 Å². The lowest BCUT2D eigenvalue weighted by Crippen LogP contribution is -2.47. The summed E-state index contributed by atoms with van der Waals surface area (Å²) in [5.74, 6) is -0.297. The summed E-state index contributed by atoms with van der Waals surface area (Å²) in [7, 11) is -4.04. The van der Waals surface area contributed by atoms with Crippen molar-refractivity contribution in [3.05, 3.63) is 24.3 Å². The van der Waals surface area contributed by atoms with E-state index in [0.29, 0.717) is 0 Å². The maximum atomic E-state index is 12.3. The van der Waals surface area contributed by atoms with Gasteiger partial charge in [-0.3, -0.25) is 9.59 Å². The van der Waals surface area contributed by atoms with E-state index in [9.17, 15) is 9.59 Å². The number of ether oxygens (including phenoxy) is 3. The molecule has 0 amide bonds. The van der Waals surface area contributed by atoms with Crippen LogP contribution >= 0.6 is 0 Å². The Morgan fingerprint density at radius 2 is 1.06 bits per heavy atom. The third kappa shape index (κ3) is 7.52. The summed E-state index contributed by atoms with van der Waals surface area (Å²) < 4.78 is 29.9. The molecule has 0 radical (unpaired) electrons. The zero-order chi connectivity index (χ0) is 25.2. The second kappa shape index (κ2) is 10.4. The van der Waals surface area contributed by atoms with Gasteiger partial charge in [-0.1, -0.05) is 41.5 Å². The summed E-state index contributed by atoms with van der Waals surface area (Å²) >= 11 is 0. The molecule has 0 saturated heterocycles. The van der Waals surface area contributed by atoms with E-state index in [-0.39, 0.29) is 34.9 Å². The number of hydrogen-bond acceptors (Lipinski definition) is 7. The summed E-state index contributed by atoms with van der Waals surface area (Å²) in [5, 5.41) is 0.0659. The van der Waals surface area contributed by atoms with Crippen LogP contribution in [-0.2, 0) is 32.7 Å². The summed E-state index contributed by atoms with van der Waals surface area (Å²) in [6.07, 6.45) is 3.01. The van der Waals surface area contributed by atoms with Crippen molar-refractivity contribution in [2.24, 2.45) is 0 Å². The normalized spacial score (nSPS) is 27.3. The predicted octanol–water partition coefficient (Wildman–Crippen LogP) is 4.75. The van der Waals surface area contributed by atoms with Crippen molar-refractivity contribution < 1.29 is 32.7 Å². The van der Waals surface area contributed by atoms with Gasteiger partial charge >= 0.3 is 0 Å². The van der Waals surface area contributed by atoms with E-state index in [1.54, 1.807) is 12.2 Å². The highest BCUT2D eigenvalue weighted by atomic mass is 28.4. The maximum absolute atomic E-state index is 12.3. The van der Waals surface area contributed by atoms with E-state index < -0.39 is 41.4 Å². The van der Waals surface area contributed by atoms with Gasteiger partial charge in [-0.15, -0.1) is 0 Å². The Morgan fingerprint density at radius 1 is 0.727 bits per heavy atom. The van der Waals surface area contributed by atoms with Crippen LogP contribution in [0, 0.1) is 0 Å². The van der Waals surface area contributed by atoms with Crippen molar-refractivity contribution in [1.82, 2.24) is 0 Å². The minimum atomic E-state index is -2.02. The summed E-state index contributed by atoms with van der Waals surface area (Å²) in [6, 6.07) is 0. The van der Waals surface area contributed by atoms with Gasteiger partial charge in [0.05, 0.1) is 13.2 Å². The number of rotatable bonds is 8. The van der Waals surface area contributed by atoms with Crippen molar-refractivity contribution in [3.63, 3.8) is 0 Å². The van der Waals surface area contributed by atoms with Crippen LogP contribution < -0.4 is 0 Å². The number of carbonyl (C=O) groups excluding carboxylic acids is 2. The van der Waals surface area contributed by atoms with E-state index >= 15 is 0 Å². The van der Waals surface area contributed by atoms with Crippen molar-refractivity contribution in [2.75, 3.05) is 13.2 Å². The smallest absolute Gasteiger partial charge is 0.192 e. The van der Waals surface area contributed by atoms with Gasteiger partial charge in [0.2, 0.25) is 0 Å². The van der Waals surface area contributed by atoms with Crippen LogP contribution in [0.3, 0.4) is 0 Å². The van der Waals surface area contributed by atoms with Gasteiger partial charge in [0.1, 0.15) is 12.2 Å². The first-order valence-corrected chi connectivity index (χ1v) is 17.4. The van der Waals surface area contributed by atoms with E-state index in [2.05, 4.69) is 67.7 Å². The first-order chi connectivity index (χ1) is 14.9. The molecule has 0 aromatic carbocycles. The van der Waals surface area contributed by atoms with Gasteiger partial charge in [-0.25, -0.2) is 0 Å². The zero-order valence-corrected chi connectivity index (χ0v) is 23.9. The molecule has 0 bridgehead atoms. The number of hydrogen-bond donors (Lipinski definition) is 0. The van der Waals surface area contributed by atoms with Crippen LogP contribution in [0.25, 0.3) is 0 Å². The minimum Gasteiger partial charge on any atom is -0.414 e. The van der Waals surface area contributed by atoms with Crippen molar-refractivity contribution in [2.45, 2.75) is 103 Å². The Balaban J connectivity index is 1.94. The average molecular weight is 499 g/mol. The van der Waals surface area contributed by atoms with E-state index in [0.717, 1.165) is 0 Å². The molecule has 2 rings (SSSR count). The SMILES string of the molecule is CC(C)(C)[Si](C)(C)OC[C@@H]1O[C@@H](O[C@H]2C=CC(=O)[C@H](CO[Si](C)(C)C(C)(C)C)O2)C=CC1=O. The van der Waals surface area contributed by atoms with Gasteiger partial charge in [0.25, 0.3) is 0 Å². The Labute approximate surface area is 201 Å². The van der Waals surface area contributed by atoms with E-state index in [1.807, 2.05) is 0 Å². The first kappa shape index (κ1) is 28.3. The molecule has 0 unspecified atom stereocenters. The summed E-state index contributed by atoms with van der Waals surface area (Å²) in [6.45, 7) is 21.8. The quantitative estimate of drug-likeness (QED) is 0.447. The molecule has 188 valence electrons. The molecular formula is C24H42O7Si2. The first-order valence-electron chi connectivity index (χ1n) is 11.6. The monoisotopic (exact) mass is 498 g/mol. The van der Waals surface area contributed by atoms with Gasteiger partial charge in [-0.2, -0.15) is 0 Å². The number of ketones is 2. The third-order valence-corrected chi connectivity index (χ3v) is 16.1. The lowest BCUT2D eigenvalue weighted by Gasteiger charge is -2.38. The van der Waals surface area contributed by atoms with Gasteiger partial charge in [0.15, 0.2) is 40.8 Å². The predicted molar refractivity (Wildman–Crippen MR) is 133 cm³/mol. The molecular weight excluding hydrogens is 456 g/mol. The Hall–Kier alpha value is -0.946. The molecule has 33 heavy (non-hydrogen) atoms. The van der Waals surface area contributed by atoms with Crippen LogP contribution in [0.5, 0.6) is 0 Å². The fraction of sp³-hybridized carbons (Fsp3) is 0.750. The van der Waals surface area contributed by atoms with E-state index in [1.165, 1.54) is 12.2 Å². The van der Waals surface area contributed by atoms with Crippen molar-refractivity contribution in [1.29, 1.82) is 0 Å². The Bertz CT molecular complexity index is 711. The van der Waals surface area contributed by atoms with Crippen molar-refractivity contribution >= 4 is 28.2 Å². The standard InChI is InChI=1S/C24H42O7Si2/c1-23(2,3)32(7,8)27-15-19-17(25)11-13-21(29-19)31-22-14-12-18(26)20(30-22)16-28-33(9,10)24(4,5)6/h11-14,19-22H,15-16H2,1-10H3/t19-,20-,21-,22-/m0/s1. The number of carbonyl (C=O) groups is 2. The molecule has 0 saturated carbocycles. The second-order valence-corrected chi connectivity index (χ2v) is 21.4. The maximum Gasteiger partial charge on any atom is 0.192 e. The highest BCUT2D eigenvalue weighted by Gasteiger charge is 2.40. The Kier molecular flexibility index (Phi) is 8.87. The molecule has 0 fully saturated rings. The highest BCUT2D eigenvalue weighted by Crippen LogP contribution is 2.37. The van der Waals surface area contributed by atoms with Crippen LogP contribution in [0.1, 0.15) is 41.5 Å². The van der Waals surface area contributed by atoms with Crippen molar-refractivity contribution in [3.8, 4) is 0 Å². The molecule has 0 aromatic heterocycles. The topological polar surface area (TPSA) is 80.3 Å². The van der Waals surface area contributed by atoms with Crippen LogP contribution in [0.2, 0.25) is 36.3 Å². The molecule has 2 aliphatic heterocycles. The molecule has 0 spiro atoms.